The van der Waals surface area contributed by atoms with Gasteiger partial charge in [0.25, 0.3) is 6.29 Å². The van der Waals surface area contributed by atoms with Crippen molar-refractivity contribution in [2.24, 2.45) is 11.1 Å². The highest BCUT2D eigenvalue weighted by molar-refractivity contribution is 5.79. The number of benzene rings is 1. The van der Waals surface area contributed by atoms with Crippen molar-refractivity contribution in [3.63, 3.8) is 0 Å². The van der Waals surface area contributed by atoms with E-state index in [9.17, 15) is 19.5 Å². The molecule has 7 heteroatoms. The number of carbonyl (C=O) groups is 3. The quantitative estimate of drug-likeness (QED) is 0.565. The minimum Gasteiger partial charge on any atom is -0.481 e. The molecule has 1 fully saturated rings. The minimum absolute atomic E-state index is 0.188. The number of aliphatic carboxylic acids is 1. The fourth-order valence-electron chi connectivity index (χ4n) is 3.50. The Bertz CT molecular complexity index is 639. The van der Waals surface area contributed by atoms with Crippen molar-refractivity contribution in [2.75, 3.05) is 0 Å². The molecule has 2 atom stereocenters. The molecule has 0 amide bonds. The second-order valence-corrected chi connectivity index (χ2v) is 6.76. The van der Waals surface area contributed by atoms with Crippen molar-refractivity contribution in [3.8, 4) is 0 Å². The molecule has 0 aliphatic heterocycles. The zero-order valence-corrected chi connectivity index (χ0v) is 14.8. The number of hydrogen-bond acceptors (Lipinski definition) is 6. The summed E-state index contributed by atoms with van der Waals surface area (Å²) in [5.41, 5.74) is 5.82. The molecule has 0 radical (unpaired) electrons. The highest BCUT2D eigenvalue weighted by atomic mass is 16.7. The summed E-state index contributed by atoms with van der Waals surface area (Å²) in [4.78, 5) is 35.3. The maximum absolute atomic E-state index is 12.7. The standard InChI is InChI=1S/C19H25NO6/c1-13(21)25-18(14-8-4-2-5-9-14)26-17(24)16(20)19(12-15(22)23)10-6-3-7-11-19/h2,4-5,8-9,16,18H,3,6-7,10-12,20H2,1H3,(H,22,23). The number of esters is 2. The second-order valence-electron chi connectivity index (χ2n) is 6.76. The highest BCUT2D eigenvalue weighted by Gasteiger charge is 2.44. The summed E-state index contributed by atoms with van der Waals surface area (Å²) in [6.07, 6.45) is 2.34. The van der Waals surface area contributed by atoms with Crippen molar-refractivity contribution < 1.29 is 29.0 Å². The molecular weight excluding hydrogens is 338 g/mol. The lowest BCUT2D eigenvalue weighted by molar-refractivity contribution is -0.191. The maximum atomic E-state index is 12.7. The monoisotopic (exact) mass is 363 g/mol. The molecule has 1 aromatic carbocycles. The van der Waals surface area contributed by atoms with Crippen LogP contribution in [0.25, 0.3) is 0 Å². The molecule has 26 heavy (non-hydrogen) atoms. The van der Waals surface area contributed by atoms with E-state index < -0.39 is 35.7 Å². The fourth-order valence-corrected chi connectivity index (χ4v) is 3.50. The third-order valence-corrected chi connectivity index (χ3v) is 4.83. The Labute approximate surface area is 152 Å². The molecule has 1 aliphatic rings. The molecule has 0 saturated heterocycles. The van der Waals surface area contributed by atoms with Crippen molar-refractivity contribution in [2.45, 2.75) is 57.8 Å². The first kappa shape index (κ1) is 19.9. The molecule has 3 N–H and O–H groups in total. The molecule has 7 nitrogen and oxygen atoms in total. The second kappa shape index (κ2) is 8.80. The Hall–Kier alpha value is -2.41. The first-order chi connectivity index (χ1) is 12.3. The molecule has 0 spiro atoms. The molecule has 0 heterocycles. The van der Waals surface area contributed by atoms with Crippen LogP contribution in [0.3, 0.4) is 0 Å². The van der Waals surface area contributed by atoms with Gasteiger partial charge in [0, 0.05) is 17.9 Å². The molecule has 1 aliphatic carbocycles. The smallest absolute Gasteiger partial charge is 0.326 e. The molecule has 1 aromatic rings. The number of nitrogens with two attached hydrogens (primary N) is 1. The maximum Gasteiger partial charge on any atom is 0.326 e. The van der Waals surface area contributed by atoms with Gasteiger partial charge in [-0.25, -0.2) is 0 Å². The summed E-state index contributed by atoms with van der Waals surface area (Å²) in [5.74, 6) is -2.35. The van der Waals surface area contributed by atoms with Gasteiger partial charge >= 0.3 is 17.9 Å². The summed E-state index contributed by atoms with van der Waals surface area (Å²) in [6, 6.07) is 7.48. The lowest BCUT2D eigenvalue weighted by Crippen LogP contribution is -2.50. The van der Waals surface area contributed by atoms with Crippen LogP contribution in [0.2, 0.25) is 0 Å². The summed E-state index contributed by atoms with van der Waals surface area (Å²) in [7, 11) is 0. The largest absolute Gasteiger partial charge is 0.481 e. The summed E-state index contributed by atoms with van der Waals surface area (Å²) in [6.45, 7) is 1.22. The molecule has 142 valence electrons. The van der Waals surface area contributed by atoms with Crippen LogP contribution in [0.5, 0.6) is 0 Å². The van der Waals surface area contributed by atoms with Crippen LogP contribution >= 0.6 is 0 Å². The normalized spacial score (nSPS) is 18.4. The van der Waals surface area contributed by atoms with Crippen LogP contribution in [-0.4, -0.2) is 29.1 Å². The number of hydrogen-bond donors (Lipinski definition) is 2. The minimum atomic E-state index is -1.21. The van der Waals surface area contributed by atoms with Gasteiger partial charge in [-0.15, -0.1) is 0 Å². The van der Waals surface area contributed by atoms with E-state index in [4.69, 9.17) is 15.2 Å². The molecule has 1 saturated carbocycles. The third-order valence-electron chi connectivity index (χ3n) is 4.83. The Kier molecular flexibility index (Phi) is 6.74. The number of ether oxygens (including phenoxy) is 2. The SMILES string of the molecule is CC(=O)OC(OC(=O)C(N)C1(CC(=O)O)CCCCC1)c1ccccc1. The predicted octanol–water partition coefficient (Wildman–Crippen LogP) is 2.54. The van der Waals surface area contributed by atoms with E-state index in [2.05, 4.69) is 0 Å². The first-order valence-corrected chi connectivity index (χ1v) is 8.74. The van der Waals surface area contributed by atoms with Crippen LogP contribution in [0.4, 0.5) is 0 Å². The predicted molar refractivity (Wildman–Crippen MR) is 92.8 cm³/mol. The van der Waals surface area contributed by atoms with Crippen LogP contribution in [-0.2, 0) is 23.9 Å². The number of carboxylic acids is 1. The van der Waals surface area contributed by atoms with Crippen molar-refractivity contribution in [3.05, 3.63) is 35.9 Å². The van der Waals surface area contributed by atoms with E-state index in [0.717, 1.165) is 19.3 Å². The summed E-state index contributed by atoms with van der Waals surface area (Å²) in [5, 5.41) is 9.26. The third kappa shape index (κ3) is 5.05. The van der Waals surface area contributed by atoms with Gasteiger partial charge < -0.3 is 20.3 Å². The van der Waals surface area contributed by atoms with Gasteiger partial charge in [-0.05, 0) is 12.8 Å². The van der Waals surface area contributed by atoms with Gasteiger partial charge in [-0.1, -0.05) is 49.6 Å². The van der Waals surface area contributed by atoms with Crippen LogP contribution < -0.4 is 5.73 Å². The van der Waals surface area contributed by atoms with Crippen molar-refractivity contribution in [1.29, 1.82) is 0 Å². The molecular formula is C19H25NO6. The molecule has 2 unspecified atom stereocenters. The van der Waals surface area contributed by atoms with E-state index in [-0.39, 0.29) is 6.42 Å². The van der Waals surface area contributed by atoms with Gasteiger partial charge in [0.2, 0.25) is 0 Å². The Morgan fingerprint density at radius 3 is 2.27 bits per heavy atom. The first-order valence-electron chi connectivity index (χ1n) is 8.74. The Balaban J connectivity index is 2.18. The van der Waals surface area contributed by atoms with Gasteiger partial charge in [-0.3, -0.25) is 14.4 Å². The average Bonchev–Trinajstić information content (AvgIpc) is 2.61. The van der Waals surface area contributed by atoms with Crippen molar-refractivity contribution >= 4 is 17.9 Å². The lowest BCUT2D eigenvalue weighted by atomic mass is 9.67. The van der Waals surface area contributed by atoms with E-state index in [1.54, 1.807) is 30.3 Å². The van der Waals surface area contributed by atoms with Gasteiger partial charge in [0.05, 0.1) is 6.42 Å². The Morgan fingerprint density at radius 2 is 1.73 bits per heavy atom. The van der Waals surface area contributed by atoms with Gasteiger partial charge in [0.15, 0.2) is 0 Å². The van der Waals surface area contributed by atoms with Gasteiger partial charge in [-0.2, -0.15) is 0 Å². The number of carbonyl (C=O) groups excluding carboxylic acids is 2. The van der Waals surface area contributed by atoms with Crippen molar-refractivity contribution in [1.82, 2.24) is 0 Å². The molecule has 0 aromatic heterocycles. The lowest BCUT2D eigenvalue weighted by Gasteiger charge is -2.39. The number of carboxylic acid groups (broad SMARTS) is 1. The van der Waals surface area contributed by atoms with E-state index in [0.29, 0.717) is 18.4 Å². The zero-order valence-electron chi connectivity index (χ0n) is 14.8. The van der Waals surface area contributed by atoms with E-state index in [1.807, 2.05) is 0 Å². The highest BCUT2D eigenvalue weighted by Crippen LogP contribution is 2.42. The average molecular weight is 363 g/mol. The molecule has 0 bridgehead atoms. The Morgan fingerprint density at radius 1 is 1.12 bits per heavy atom. The topological polar surface area (TPSA) is 116 Å². The summed E-state index contributed by atoms with van der Waals surface area (Å²) >= 11 is 0. The van der Waals surface area contributed by atoms with Gasteiger partial charge in [0.1, 0.15) is 6.04 Å². The van der Waals surface area contributed by atoms with E-state index in [1.165, 1.54) is 6.92 Å². The summed E-state index contributed by atoms with van der Waals surface area (Å²) < 4.78 is 10.5. The fraction of sp³-hybridized carbons (Fsp3) is 0.526. The van der Waals surface area contributed by atoms with Crippen LogP contribution in [0.1, 0.15) is 57.3 Å². The molecule has 2 rings (SSSR count). The zero-order chi connectivity index (χ0) is 19.2. The van der Waals surface area contributed by atoms with Crippen LogP contribution in [0.15, 0.2) is 30.3 Å². The number of rotatable bonds is 7. The van der Waals surface area contributed by atoms with E-state index >= 15 is 0 Å². The van der Waals surface area contributed by atoms with Crippen LogP contribution in [0, 0.1) is 5.41 Å².